The molecule has 0 aliphatic rings. The van der Waals surface area contributed by atoms with Crippen LogP contribution in [0.25, 0.3) is 0 Å². The summed E-state index contributed by atoms with van der Waals surface area (Å²) in [6.45, 7) is 13.3. The molecule has 0 atom stereocenters. The molecule has 90 valence electrons. The maximum atomic E-state index is 6.12. The van der Waals surface area contributed by atoms with Crippen LogP contribution in [-0.2, 0) is 9.16 Å². The van der Waals surface area contributed by atoms with Crippen molar-refractivity contribution in [1.29, 1.82) is 0 Å². The van der Waals surface area contributed by atoms with E-state index in [0.29, 0.717) is 15.0 Å². The van der Waals surface area contributed by atoms with E-state index in [-0.39, 0.29) is 5.04 Å². The molecule has 0 aliphatic heterocycles. The fourth-order valence-corrected chi connectivity index (χ4v) is 2.51. The van der Waals surface area contributed by atoms with Crippen LogP contribution in [0.5, 0.6) is 0 Å². The van der Waals surface area contributed by atoms with E-state index in [1.54, 1.807) is 7.11 Å². The normalized spacial score (nSPS) is 14.7. The third-order valence-electron chi connectivity index (χ3n) is 2.93. The van der Waals surface area contributed by atoms with Crippen molar-refractivity contribution < 1.29 is 9.16 Å². The first-order valence-electron chi connectivity index (χ1n) is 5.13. The first-order chi connectivity index (χ1) is 6.65. The van der Waals surface area contributed by atoms with Gasteiger partial charge in [0.15, 0.2) is 0 Å². The third-order valence-corrected chi connectivity index (χ3v) is 8.88. The van der Waals surface area contributed by atoms with Crippen molar-refractivity contribution in [3.8, 4) is 0 Å². The summed E-state index contributed by atoms with van der Waals surface area (Å²) >= 11 is 0.452. The second kappa shape index (κ2) is 5.42. The molecule has 4 heteroatoms. The Morgan fingerprint density at radius 2 is 1.67 bits per heavy atom. The Balaban J connectivity index is 4.85. The van der Waals surface area contributed by atoms with Crippen LogP contribution in [0.4, 0.5) is 0 Å². The van der Waals surface area contributed by atoms with E-state index in [0.717, 1.165) is 5.95 Å². The molecule has 0 saturated heterocycles. The number of hydrogen-bond donors (Lipinski definition) is 0. The number of allylic oxidation sites excluding steroid dienone is 1. The summed E-state index contributed by atoms with van der Waals surface area (Å²) in [5, 5.41) is 0.220. The van der Waals surface area contributed by atoms with Gasteiger partial charge in [-0.2, -0.15) is 0 Å². The molecule has 0 spiro atoms. The van der Waals surface area contributed by atoms with Crippen LogP contribution in [0, 0.1) is 0 Å². The van der Waals surface area contributed by atoms with Crippen molar-refractivity contribution in [3.05, 3.63) is 10.4 Å². The molecular weight excluding hydrogens is 271 g/mol. The Bertz CT molecular complexity index is 241. The van der Waals surface area contributed by atoms with Crippen molar-refractivity contribution >= 4 is 23.3 Å². The third kappa shape index (κ3) is 4.21. The van der Waals surface area contributed by atoms with Crippen LogP contribution in [0.15, 0.2) is 10.4 Å². The first-order valence-corrected chi connectivity index (χ1v) is 10.6. The van der Waals surface area contributed by atoms with Crippen molar-refractivity contribution in [2.45, 2.75) is 51.6 Å². The number of ether oxygens (including phenoxy) is 1. The van der Waals surface area contributed by atoms with Gasteiger partial charge in [-0.05, 0) is 0 Å². The van der Waals surface area contributed by atoms with Crippen molar-refractivity contribution in [1.82, 2.24) is 0 Å². The molecule has 0 unspecified atom stereocenters. The summed E-state index contributed by atoms with van der Waals surface area (Å²) in [6, 6.07) is 0. The van der Waals surface area contributed by atoms with Gasteiger partial charge in [-0.3, -0.25) is 0 Å². The van der Waals surface area contributed by atoms with Gasteiger partial charge in [-0.25, -0.2) is 0 Å². The Labute approximate surface area is 102 Å². The zero-order valence-corrected chi connectivity index (χ0v) is 13.9. The topological polar surface area (TPSA) is 18.5 Å². The number of rotatable bonds is 4. The van der Waals surface area contributed by atoms with E-state index in [4.69, 9.17) is 9.16 Å². The van der Waals surface area contributed by atoms with Gasteiger partial charge in [0, 0.05) is 0 Å². The molecule has 0 aromatic rings. The first kappa shape index (κ1) is 15.1. The number of hydrogen-bond acceptors (Lipinski definition) is 2. The van der Waals surface area contributed by atoms with Gasteiger partial charge >= 0.3 is 102 Å². The molecule has 0 rings (SSSR count). The summed E-state index contributed by atoms with van der Waals surface area (Å²) in [5.41, 5.74) is 0. The summed E-state index contributed by atoms with van der Waals surface area (Å²) in [6.07, 6.45) is 0. The average Bonchev–Trinajstić information content (AvgIpc) is 2.11. The van der Waals surface area contributed by atoms with Gasteiger partial charge in [0.25, 0.3) is 0 Å². The Hall–Kier alpha value is 0.0764. The van der Waals surface area contributed by atoms with E-state index in [1.807, 2.05) is 0 Å². The van der Waals surface area contributed by atoms with E-state index in [1.165, 1.54) is 4.47 Å². The molecule has 0 bridgehead atoms. The fraction of sp³-hybridized carbons (Fsp3) is 0.818. The van der Waals surface area contributed by atoms with E-state index >= 15 is 0 Å². The van der Waals surface area contributed by atoms with E-state index in [9.17, 15) is 0 Å². The molecule has 0 fully saturated rings. The molecule has 0 radical (unpaired) electrons. The van der Waals surface area contributed by atoms with Crippen LogP contribution in [0.3, 0.4) is 0 Å². The molecule has 0 N–H and O–H groups in total. The Kier molecular flexibility index (Phi) is 5.45. The average molecular weight is 295 g/mol. The Morgan fingerprint density at radius 1 is 1.20 bits per heavy atom. The maximum absolute atomic E-state index is 6.12. The molecule has 0 aliphatic carbocycles. The van der Waals surface area contributed by atoms with Crippen LogP contribution in [-0.4, -0.2) is 30.4 Å². The molecule has 0 aromatic carbocycles. The second-order valence-electron chi connectivity index (χ2n) is 5.11. The van der Waals surface area contributed by atoms with Crippen LogP contribution in [0.2, 0.25) is 24.0 Å². The van der Waals surface area contributed by atoms with Crippen molar-refractivity contribution in [2.24, 2.45) is 0 Å². The van der Waals surface area contributed by atoms with Gasteiger partial charge in [-0.1, -0.05) is 0 Å². The number of methoxy groups -OCH3 is 1. The fourth-order valence-electron chi connectivity index (χ4n) is 0.725. The molecule has 2 nitrogen and oxygen atoms in total. The molecule has 0 saturated carbocycles. The second-order valence-corrected chi connectivity index (χ2v) is 12.0. The quantitative estimate of drug-likeness (QED) is 0.583. The Morgan fingerprint density at radius 3 is 1.93 bits per heavy atom. The molecule has 0 heterocycles. The van der Waals surface area contributed by atoms with Gasteiger partial charge < -0.3 is 0 Å². The summed E-state index contributed by atoms with van der Waals surface area (Å²) in [5.74, 6) is 2.93. The van der Waals surface area contributed by atoms with Gasteiger partial charge in [-0.15, -0.1) is 0 Å². The van der Waals surface area contributed by atoms with Crippen molar-refractivity contribution in [3.63, 3.8) is 0 Å². The van der Waals surface area contributed by atoms with Crippen LogP contribution < -0.4 is 0 Å². The molecular formula is C11H24O2SeSi. The summed E-state index contributed by atoms with van der Waals surface area (Å²) < 4.78 is 12.7. The zero-order valence-electron chi connectivity index (χ0n) is 11.2. The van der Waals surface area contributed by atoms with Gasteiger partial charge in [0.05, 0.1) is 0 Å². The standard InChI is InChI=1S/C11H24O2SeSi/c1-9(14-6)10(12-5)13-15(7,8)11(2,3)4/h1-8H3/b10-9-. The monoisotopic (exact) mass is 296 g/mol. The van der Waals surface area contributed by atoms with E-state index < -0.39 is 8.32 Å². The van der Waals surface area contributed by atoms with E-state index in [2.05, 4.69) is 46.6 Å². The summed E-state index contributed by atoms with van der Waals surface area (Å²) in [4.78, 5) is 0. The van der Waals surface area contributed by atoms with Gasteiger partial charge in [0.2, 0.25) is 0 Å². The predicted molar refractivity (Wildman–Crippen MR) is 69.6 cm³/mol. The molecule has 0 aromatic heterocycles. The predicted octanol–water partition coefficient (Wildman–Crippen LogP) is 3.60. The molecule has 15 heavy (non-hydrogen) atoms. The summed E-state index contributed by atoms with van der Waals surface area (Å²) in [7, 11) is -0.0487. The SMILES string of the molecule is CO/C(O[Si](C)(C)C(C)(C)C)=C(\C)[Se]C. The van der Waals surface area contributed by atoms with Crippen LogP contribution in [0.1, 0.15) is 27.7 Å². The minimum absolute atomic E-state index is 0.220. The van der Waals surface area contributed by atoms with Crippen molar-refractivity contribution in [2.75, 3.05) is 7.11 Å². The van der Waals surface area contributed by atoms with Crippen LogP contribution >= 0.6 is 0 Å². The van der Waals surface area contributed by atoms with Gasteiger partial charge in [0.1, 0.15) is 0 Å². The zero-order chi connectivity index (χ0) is 12.3. The minimum atomic E-state index is -1.74. The molecule has 0 amide bonds.